The monoisotopic (exact) mass is 476 g/mol. The molecule has 0 N–H and O–H groups in total. The third-order valence-electron chi connectivity index (χ3n) is 4.65. The van der Waals surface area contributed by atoms with Crippen molar-refractivity contribution in [3.8, 4) is 11.4 Å². The lowest BCUT2D eigenvalue weighted by atomic mass is 10.1. The molecule has 9 heteroatoms. The van der Waals surface area contributed by atoms with Crippen molar-refractivity contribution in [2.24, 2.45) is 0 Å². The van der Waals surface area contributed by atoms with Gasteiger partial charge in [0.05, 0.1) is 7.11 Å². The van der Waals surface area contributed by atoms with E-state index in [4.69, 9.17) is 4.74 Å². The van der Waals surface area contributed by atoms with Gasteiger partial charge in [-0.15, -0.1) is 10.2 Å². The van der Waals surface area contributed by atoms with Gasteiger partial charge in [-0.25, -0.2) is 0 Å². The number of aryl methyl sites for hydroxylation is 3. The van der Waals surface area contributed by atoms with Gasteiger partial charge < -0.3 is 4.74 Å². The normalized spacial score (nSPS) is 12.0. The van der Waals surface area contributed by atoms with Crippen LogP contribution in [0.5, 0.6) is 5.75 Å². The maximum Gasteiger partial charge on any atom is 0.220 e. The van der Waals surface area contributed by atoms with Gasteiger partial charge in [0, 0.05) is 20.6 Å². The Morgan fingerprint density at radius 3 is 2.59 bits per heavy atom. The number of aromatic nitrogens is 3. The van der Waals surface area contributed by atoms with Crippen LogP contribution in [0.15, 0.2) is 46.0 Å². The molecule has 0 unspecified atom stereocenters. The Hall–Kier alpha value is -2.39. The summed E-state index contributed by atoms with van der Waals surface area (Å²) < 4.78 is 8.20. The summed E-state index contributed by atoms with van der Waals surface area (Å²) in [5, 5.41) is 20.0. The number of hydrogen-bond acceptors (Lipinski definition) is 6. The van der Waals surface area contributed by atoms with Gasteiger partial charge in [0.2, 0.25) is 6.54 Å². The first-order valence-electron chi connectivity index (χ1n) is 8.91. The highest BCUT2D eigenvalue weighted by Gasteiger charge is 2.26. The minimum atomic E-state index is -0.494. The predicted molar refractivity (Wildman–Crippen MR) is 117 cm³/mol. The first-order valence-corrected chi connectivity index (χ1v) is 10.6. The Kier molecular flexibility index (Phi) is 6.59. The molecule has 0 aliphatic heterocycles. The first kappa shape index (κ1) is 21.3. The van der Waals surface area contributed by atoms with Gasteiger partial charge >= 0.3 is 0 Å². The van der Waals surface area contributed by atoms with E-state index in [1.165, 1.54) is 17.3 Å². The number of hydrogen-bond donors (Lipinski definition) is 0. The SMILES string of the molecule is COc1ccc(Br)cc1[C@H](C[N+](=O)[O-])Sc1nnc(C)n1-c1ccc(C)c(C)c1. The fourth-order valence-corrected chi connectivity index (χ4v) is 4.57. The van der Waals surface area contributed by atoms with E-state index in [1.807, 2.05) is 42.7 Å². The van der Waals surface area contributed by atoms with Crippen LogP contribution in [0.3, 0.4) is 0 Å². The second-order valence-electron chi connectivity index (χ2n) is 6.64. The highest BCUT2D eigenvalue weighted by molar-refractivity contribution is 9.10. The fourth-order valence-electron chi connectivity index (χ4n) is 3.00. The van der Waals surface area contributed by atoms with Crippen molar-refractivity contribution in [2.45, 2.75) is 31.2 Å². The Morgan fingerprint density at radius 2 is 1.93 bits per heavy atom. The van der Waals surface area contributed by atoms with Gasteiger partial charge in [-0.05, 0) is 62.2 Å². The molecular weight excluding hydrogens is 456 g/mol. The largest absolute Gasteiger partial charge is 0.496 e. The van der Waals surface area contributed by atoms with Crippen LogP contribution in [0, 0.1) is 30.9 Å². The molecule has 152 valence electrons. The van der Waals surface area contributed by atoms with E-state index < -0.39 is 5.25 Å². The zero-order valence-corrected chi connectivity index (χ0v) is 19.0. The number of nitrogens with zero attached hydrogens (tertiary/aromatic N) is 4. The van der Waals surface area contributed by atoms with Gasteiger partial charge in [0.15, 0.2) is 5.16 Å². The maximum absolute atomic E-state index is 11.4. The van der Waals surface area contributed by atoms with E-state index >= 15 is 0 Å². The topological polar surface area (TPSA) is 83.1 Å². The summed E-state index contributed by atoms with van der Waals surface area (Å²) in [6, 6.07) is 11.6. The first-order chi connectivity index (χ1) is 13.8. The van der Waals surface area contributed by atoms with Gasteiger partial charge in [0.25, 0.3) is 0 Å². The quantitative estimate of drug-likeness (QED) is 0.268. The van der Waals surface area contributed by atoms with Crippen LogP contribution in [-0.2, 0) is 0 Å². The van der Waals surface area contributed by atoms with Gasteiger partial charge in [0.1, 0.15) is 16.8 Å². The molecule has 1 aromatic heterocycles. The highest BCUT2D eigenvalue weighted by atomic mass is 79.9. The molecule has 1 atom stereocenters. The Morgan fingerprint density at radius 1 is 1.17 bits per heavy atom. The minimum absolute atomic E-state index is 0.268. The van der Waals surface area contributed by atoms with Crippen LogP contribution < -0.4 is 4.74 Å². The summed E-state index contributed by atoms with van der Waals surface area (Å²) in [5.41, 5.74) is 4.01. The average Bonchev–Trinajstić information content (AvgIpc) is 3.03. The van der Waals surface area contributed by atoms with Crippen LogP contribution in [0.4, 0.5) is 0 Å². The molecule has 2 aromatic carbocycles. The number of ether oxygens (including phenoxy) is 1. The summed E-state index contributed by atoms with van der Waals surface area (Å²) >= 11 is 4.76. The highest BCUT2D eigenvalue weighted by Crippen LogP contribution is 2.41. The zero-order chi connectivity index (χ0) is 21.1. The fraction of sp³-hybridized carbons (Fsp3) is 0.300. The second kappa shape index (κ2) is 8.96. The van der Waals surface area contributed by atoms with Crippen molar-refractivity contribution in [1.82, 2.24) is 14.8 Å². The summed E-state index contributed by atoms with van der Waals surface area (Å²) in [6.45, 7) is 5.71. The zero-order valence-electron chi connectivity index (χ0n) is 16.5. The maximum atomic E-state index is 11.4. The molecule has 1 heterocycles. The molecule has 3 aromatic rings. The molecule has 0 fully saturated rings. The Labute approximate surface area is 181 Å². The van der Waals surface area contributed by atoms with Crippen LogP contribution in [0.1, 0.15) is 27.8 Å². The van der Waals surface area contributed by atoms with Crippen molar-refractivity contribution < 1.29 is 9.66 Å². The molecule has 0 amide bonds. The third-order valence-corrected chi connectivity index (χ3v) is 6.30. The van der Waals surface area contributed by atoms with Crippen molar-refractivity contribution in [2.75, 3.05) is 13.7 Å². The van der Waals surface area contributed by atoms with Crippen LogP contribution in [-0.4, -0.2) is 33.3 Å². The van der Waals surface area contributed by atoms with Crippen molar-refractivity contribution in [3.63, 3.8) is 0 Å². The minimum Gasteiger partial charge on any atom is -0.496 e. The van der Waals surface area contributed by atoms with Crippen molar-refractivity contribution in [3.05, 3.63) is 73.5 Å². The number of benzene rings is 2. The molecule has 0 bridgehead atoms. The van der Waals surface area contributed by atoms with E-state index in [9.17, 15) is 10.1 Å². The van der Waals surface area contributed by atoms with E-state index in [0.717, 1.165) is 27.1 Å². The molecule has 29 heavy (non-hydrogen) atoms. The molecule has 0 radical (unpaired) electrons. The number of rotatable bonds is 7. The average molecular weight is 477 g/mol. The molecule has 0 aliphatic carbocycles. The molecule has 0 saturated heterocycles. The number of thioether (sulfide) groups is 1. The van der Waals surface area contributed by atoms with E-state index in [2.05, 4.69) is 39.1 Å². The number of halogens is 1. The molecule has 0 spiro atoms. The van der Waals surface area contributed by atoms with Gasteiger partial charge in [-0.2, -0.15) is 0 Å². The standard InChI is InChI=1S/C20H21BrN4O3S/c1-12-5-7-16(9-13(12)2)25-14(3)22-23-20(25)29-19(11-24(26)27)17-10-15(21)6-8-18(17)28-4/h5-10,19H,11H2,1-4H3/t19-/m0/s1. The lowest BCUT2D eigenvalue weighted by Crippen LogP contribution is -2.12. The van der Waals surface area contributed by atoms with E-state index in [-0.39, 0.29) is 11.5 Å². The Bertz CT molecular complexity index is 1050. The summed E-state index contributed by atoms with van der Waals surface area (Å²) in [7, 11) is 1.56. The van der Waals surface area contributed by atoms with Gasteiger partial charge in [-0.1, -0.05) is 33.8 Å². The number of nitro groups is 1. The second-order valence-corrected chi connectivity index (χ2v) is 8.73. The predicted octanol–water partition coefficient (Wildman–Crippen LogP) is 5.07. The van der Waals surface area contributed by atoms with Crippen molar-refractivity contribution in [1.29, 1.82) is 0 Å². The summed E-state index contributed by atoms with van der Waals surface area (Å²) in [4.78, 5) is 11.1. The van der Waals surface area contributed by atoms with Crippen molar-refractivity contribution >= 4 is 27.7 Å². The lowest BCUT2D eigenvalue weighted by Gasteiger charge is -2.17. The lowest BCUT2D eigenvalue weighted by molar-refractivity contribution is -0.479. The Balaban J connectivity index is 2.05. The molecule has 7 nitrogen and oxygen atoms in total. The van der Waals surface area contributed by atoms with Crippen LogP contribution in [0.25, 0.3) is 5.69 Å². The van der Waals surface area contributed by atoms with E-state index in [1.54, 1.807) is 13.2 Å². The van der Waals surface area contributed by atoms with Crippen LogP contribution >= 0.6 is 27.7 Å². The molecule has 0 aliphatic rings. The van der Waals surface area contributed by atoms with E-state index in [0.29, 0.717) is 10.9 Å². The third kappa shape index (κ3) is 4.79. The van der Waals surface area contributed by atoms with Gasteiger partial charge in [-0.3, -0.25) is 14.7 Å². The van der Waals surface area contributed by atoms with Crippen LogP contribution in [0.2, 0.25) is 0 Å². The smallest absolute Gasteiger partial charge is 0.220 e. The summed E-state index contributed by atoms with van der Waals surface area (Å²) in [5.74, 6) is 1.32. The molecule has 3 rings (SSSR count). The number of methoxy groups -OCH3 is 1. The summed E-state index contributed by atoms with van der Waals surface area (Å²) in [6.07, 6.45) is 0. The molecule has 0 saturated carbocycles. The molecular formula is C20H21BrN4O3S.